The summed E-state index contributed by atoms with van der Waals surface area (Å²) < 4.78 is 78.6. The average Bonchev–Trinajstić information content (AvgIpc) is 2.84. The summed E-state index contributed by atoms with van der Waals surface area (Å²) in [5.74, 6) is 2.67. The van der Waals surface area contributed by atoms with Gasteiger partial charge >= 0.3 is 12.4 Å². The number of terminal acetylenes is 1. The Bertz CT molecular complexity index is 920. The van der Waals surface area contributed by atoms with Crippen molar-refractivity contribution in [2.75, 3.05) is 13.1 Å². The SMILES string of the molecule is C#CC(CC)(CC)NC(=O)CN[C@H]1CC[C@H](CNC(=C)c2cc(C(F)(F)F)cc(C(F)(F)F)c2)CC1. The molecule has 1 aliphatic carbocycles. The van der Waals surface area contributed by atoms with Crippen molar-refractivity contribution >= 4 is 11.6 Å². The van der Waals surface area contributed by atoms with E-state index in [0.717, 1.165) is 25.7 Å². The number of nitrogens with one attached hydrogen (secondary N) is 3. The van der Waals surface area contributed by atoms with E-state index in [1.807, 2.05) is 13.8 Å². The van der Waals surface area contributed by atoms with Crippen LogP contribution < -0.4 is 16.0 Å². The summed E-state index contributed by atoms with van der Waals surface area (Å²) in [6.45, 7) is 8.01. The van der Waals surface area contributed by atoms with E-state index in [4.69, 9.17) is 6.42 Å². The molecule has 1 aromatic rings. The molecule has 4 nitrogen and oxygen atoms in total. The molecule has 0 radical (unpaired) electrons. The van der Waals surface area contributed by atoms with Crippen LogP contribution in [0.1, 0.15) is 69.1 Å². The summed E-state index contributed by atoms with van der Waals surface area (Å²) in [6.07, 6.45) is 0.167. The number of carbonyl (C=O) groups is 1. The van der Waals surface area contributed by atoms with Crippen molar-refractivity contribution in [2.45, 2.75) is 76.3 Å². The second-order valence-corrected chi connectivity index (χ2v) is 9.23. The normalized spacial score (nSPS) is 18.9. The largest absolute Gasteiger partial charge is 0.416 e. The zero-order valence-corrected chi connectivity index (χ0v) is 20.5. The summed E-state index contributed by atoms with van der Waals surface area (Å²) in [5.41, 5.74) is -3.63. The van der Waals surface area contributed by atoms with Crippen molar-refractivity contribution in [1.82, 2.24) is 16.0 Å². The first-order valence-electron chi connectivity index (χ1n) is 12.0. The van der Waals surface area contributed by atoms with Gasteiger partial charge in [0.05, 0.1) is 17.7 Å². The number of carbonyl (C=O) groups excluding carboxylic acids is 1. The van der Waals surface area contributed by atoms with Gasteiger partial charge in [-0.05, 0) is 68.2 Å². The fourth-order valence-corrected chi connectivity index (χ4v) is 4.28. The molecule has 0 heterocycles. The molecule has 1 saturated carbocycles. The Morgan fingerprint density at radius 2 is 1.53 bits per heavy atom. The zero-order valence-electron chi connectivity index (χ0n) is 20.5. The van der Waals surface area contributed by atoms with Crippen molar-refractivity contribution in [3.8, 4) is 12.3 Å². The Morgan fingerprint density at radius 1 is 1.00 bits per heavy atom. The number of hydrogen-bond acceptors (Lipinski definition) is 3. The van der Waals surface area contributed by atoms with Crippen LogP contribution in [0.15, 0.2) is 24.8 Å². The van der Waals surface area contributed by atoms with Crippen LogP contribution in [0.5, 0.6) is 0 Å². The topological polar surface area (TPSA) is 53.2 Å². The van der Waals surface area contributed by atoms with Crippen LogP contribution >= 0.6 is 0 Å². The molecule has 1 amide bonds. The molecule has 0 unspecified atom stereocenters. The number of alkyl halides is 6. The van der Waals surface area contributed by atoms with E-state index in [0.29, 0.717) is 31.5 Å². The first-order chi connectivity index (χ1) is 16.7. The second-order valence-electron chi connectivity index (χ2n) is 9.23. The molecule has 0 aliphatic heterocycles. The minimum atomic E-state index is -4.91. The van der Waals surface area contributed by atoms with E-state index in [-0.39, 0.29) is 41.7 Å². The average molecular weight is 518 g/mol. The highest BCUT2D eigenvalue weighted by Gasteiger charge is 2.37. The smallest absolute Gasteiger partial charge is 0.385 e. The number of halogens is 6. The van der Waals surface area contributed by atoms with Gasteiger partial charge in [-0.1, -0.05) is 26.3 Å². The second kappa shape index (κ2) is 12.0. The van der Waals surface area contributed by atoms with Crippen molar-refractivity contribution < 1.29 is 31.1 Å². The molecule has 1 aromatic carbocycles. The third-order valence-electron chi connectivity index (χ3n) is 6.80. The lowest BCUT2D eigenvalue weighted by Gasteiger charge is -2.31. The number of amides is 1. The maximum Gasteiger partial charge on any atom is 0.416 e. The summed E-state index contributed by atoms with van der Waals surface area (Å²) in [4.78, 5) is 12.3. The van der Waals surface area contributed by atoms with Crippen molar-refractivity contribution in [3.05, 3.63) is 41.5 Å². The van der Waals surface area contributed by atoms with E-state index in [1.165, 1.54) is 0 Å². The molecule has 0 spiro atoms. The van der Waals surface area contributed by atoms with E-state index in [1.54, 1.807) is 0 Å². The molecular weight excluding hydrogens is 484 g/mol. The Hall–Kier alpha value is -2.67. The molecule has 200 valence electrons. The van der Waals surface area contributed by atoms with Crippen LogP contribution in [0, 0.1) is 18.3 Å². The maximum absolute atomic E-state index is 13.1. The lowest BCUT2D eigenvalue weighted by atomic mass is 9.86. The fraction of sp³-hybridized carbons (Fsp3) is 0.577. The van der Waals surface area contributed by atoms with Crippen LogP contribution in [0.3, 0.4) is 0 Å². The number of benzene rings is 1. The van der Waals surface area contributed by atoms with Gasteiger partial charge < -0.3 is 16.0 Å². The van der Waals surface area contributed by atoms with Crippen LogP contribution in [0.2, 0.25) is 0 Å². The summed E-state index contributed by atoms with van der Waals surface area (Å²) in [7, 11) is 0. The number of rotatable bonds is 10. The molecule has 0 saturated heterocycles. The molecular formula is C26H33F6N3O. The molecule has 10 heteroatoms. The predicted octanol–water partition coefficient (Wildman–Crippen LogP) is 5.74. The molecule has 0 atom stereocenters. The highest BCUT2D eigenvalue weighted by molar-refractivity contribution is 5.79. The van der Waals surface area contributed by atoms with Crippen molar-refractivity contribution in [1.29, 1.82) is 0 Å². The Morgan fingerprint density at radius 3 is 1.97 bits per heavy atom. The highest BCUT2D eigenvalue weighted by atomic mass is 19.4. The van der Waals surface area contributed by atoms with E-state index >= 15 is 0 Å². The number of hydrogen-bond donors (Lipinski definition) is 3. The predicted molar refractivity (Wildman–Crippen MR) is 128 cm³/mol. The van der Waals surface area contributed by atoms with Gasteiger partial charge in [-0.3, -0.25) is 4.79 Å². The standard InChI is InChI=1S/C26H33F6N3O/c1-5-24(6-2,7-3)35-23(36)16-34-22-10-8-18(9-11-22)15-33-17(4)19-12-20(25(27,28)29)14-21(13-19)26(30,31)32/h1,12-14,18,22,33-34H,4,6-11,15-16H2,2-3H3,(H,35,36)/t18-,22-. The Kier molecular flexibility index (Phi) is 9.89. The van der Waals surface area contributed by atoms with Crippen LogP contribution in [-0.2, 0) is 17.1 Å². The molecule has 0 bridgehead atoms. The van der Waals surface area contributed by atoms with Gasteiger partial charge in [0.2, 0.25) is 5.91 Å². The molecule has 36 heavy (non-hydrogen) atoms. The van der Waals surface area contributed by atoms with Gasteiger partial charge in [0.15, 0.2) is 0 Å². The third kappa shape index (κ3) is 8.19. The monoisotopic (exact) mass is 517 g/mol. The first-order valence-corrected chi connectivity index (χ1v) is 12.0. The third-order valence-corrected chi connectivity index (χ3v) is 6.80. The summed E-state index contributed by atoms with van der Waals surface area (Å²) >= 11 is 0. The minimum absolute atomic E-state index is 0.00682. The van der Waals surface area contributed by atoms with Gasteiger partial charge in [-0.2, -0.15) is 26.3 Å². The fourth-order valence-electron chi connectivity index (χ4n) is 4.28. The van der Waals surface area contributed by atoms with Gasteiger partial charge in [0.1, 0.15) is 5.54 Å². The van der Waals surface area contributed by atoms with Gasteiger partial charge in [0.25, 0.3) is 0 Å². The van der Waals surface area contributed by atoms with Crippen molar-refractivity contribution in [3.63, 3.8) is 0 Å². The van der Waals surface area contributed by atoms with Gasteiger partial charge in [-0.15, -0.1) is 6.42 Å². The molecule has 1 fully saturated rings. The summed E-state index contributed by atoms with van der Waals surface area (Å²) in [5, 5.41) is 9.04. The van der Waals surface area contributed by atoms with E-state index in [2.05, 4.69) is 28.4 Å². The maximum atomic E-state index is 13.1. The highest BCUT2D eigenvalue weighted by Crippen LogP contribution is 2.37. The molecule has 2 rings (SSSR count). The van der Waals surface area contributed by atoms with E-state index in [9.17, 15) is 31.1 Å². The van der Waals surface area contributed by atoms with Crippen LogP contribution in [-0.4, -0.2) is 30.6 Å². The van der Waals surface area contributed by atoms with Gasteiger partial charge in [0, 0.05) is 18.3 Å². The quantitative estimate of drug-likeness (QED) is 0.274. The van der Waals surface area contributed by atoms with Crippen molar-refractivity contribution in [2.24, 2.45) is 5.92 Å². The molecule has 3 N–H and O–H groups in total. The lowest BCUT2D eigenvalue weighted by Crippen LogP contribution is -2.50. The zero-order chi connectivity index (χ0) is 27.1. The first kappa shape index (κ1) is 29.6. The molecule has 0 aromatic heterocycles. The minimum Gasteiger partial charge on any atom is -0.385 e. The Balaban J connectivity index is 1.86. The van der Waals surface area contributed by atoms with Crippen LogP contribution in [0.25, 0.3) is 5.70 Å². The Labute approximate surface area is 208 Å². The lowest BCUT2D eigenvalue weighted by molar-refractivity contribution is -0.143. The van der Waals surface area contributed by atoms with Crippen LogP contribution in [0.4, 0.5) is 26.3 Å². The summed E-state index contributed by atoms with van der Waals surface area (Å²) in [6, 6.07) is 1.57. The van der Waals surface area contributed by atoms with E-state index < -0.39 is 29.0 Å². The van der Waals surface area contributed by atoms with Gasteiger partial charge in [-0.25, -0.2) is 0 Å². The molecule has 1 aliphatic rings.